The molecule has 0 saturated carbocycles. The first-order chi connectivity index (χ1) is 7.25. The van der Waals surface area contributed by atoms with Gasteiger partial charge in [0.25, 0.3) is 0 Å². The zero-order valence-corrected chi connectivity index (χ0v) is 9.20. The molecule has 0 amide bonds. The van der Waals surface area contributed by atoms with Gasteiger partial charge < -0.3 is 4.90 Å². The van der Waals surface area contributed by atoms with Crippen molar-refractivity contribution < 1.29 is 9.69 Å². The SMILES string of the molecule is C[C@@H]1C[NH+](Cc2ccccc2)CCC1=O. The molecule has 1 heterocycles. The number of quaternary nitrogens is 1. The lowest BCUT2D eigenvalue weighted by atomic mass is 9.98. The van der Waals surface area contributed by atoms with Gasteiger partial charge in [0.15, 0.2) is 0 Å². The lowest BCUT2D eigenvalue weighted by Crippen LogP contribution is -3.12. The van der Waals surface area contributed by atoms with Gasteiger partial charge in [-0.15, -0.1) is 0 Å². The molecule has 1 aliphatic rings. The summed E-state index contributed by atoms with van der Waals surface area (Å²) in [5, 5.41) is 0. The summed E-state index contributed by atoms with van der Waals surface area (Å²) in [6, 6.07) is 10.5. The molecule has 0 radical (unpaired) electrons. The fourth-order valence-corrected chi connectivity index (χ4v) is 2.24. The van der Waals surface area contributed by atoms with Gasteiger partial charge in [0.1, 0.15) is 12.3 Å². The molecule has 1 aliphatic heterocycles. The number of hydrogen-bond donors (Lipinski definition) is 1. The minimum Gasteiger partial charge on any atom is -0.330 e. The molecule has 2 heteroatoms. The molecule has 0 aliphatic carbocycles. The first-order valence-corrected chi connectivity index (χ1v) is 5.66. The van der Waals surface area contributed by atoms with Crippen LogP contribution in [0.25, 0.3) is 0 Å². The van der Waals surface area contributed by atoms with Gasteiger partial charge >= 0.3 is 0 Å². The van der Waals surface area contributed by atoms with Crippen LogP contribution < -0.4 is 4.90 Å². The number of carbonyl (C=O) groups excluding carboxylic acids is 1. The largest absolute Gasteiger partial charge is 0.330 e. The number of benzene rings is 1. The van der Waals surface area contributed by atoms with E-state index in [0.29, 0.717) is 5.78 Å². The van der Waals surface area contributed by atoms with Crippen molar-refractivity contribution >= 4 is 5.78 Å². The number of hydrogen-bond acceptors (Lipinski definition) is 1. The Hall–Kier alpha value is -1.15. The number of Topliss-reactive ketones (excluding diaryl/α,β-unsaturated/α-hetero) is 1. The smallest absolute Gasteiger partial charge is 0.146 e. The topological polar surface area (TPSA) is 21.5 Å². The maximum Gasteiger partial charge on any atom is 0.146 e. The number of nitrogens with one attached hydrogen (secondary N) is 1. The van der Waals surface area contributed by atoms with Crippen molar-refractivity contribution in [2.45, 2.75) is 19.9 Å². The van der Waals surface area contributed by atoms with Crippen LogP contribution in [0.5, 0.6) is 0 Å². The molecule has 0 bridgehead atoms. The molecule has 0 aromatic heterocycles. The van der Waals surface area contributed by atoms with Gasteiger partial charge in [-0.3, -0.25) is 4.79 Å². The molecule has 2 nitrogen and oxygen atoms in total. The first-order valence-electron chi connectivity index (χ1n) is 5.66. The summed E-state index contributed by atoms with van der Waals surface area (Å²) < 4.78 is 0. The molecule has 1 unspecified atom stereocenters. The summed E-state index contributed by atoms with van der Waals surface area (Å²) in [5.41, 5.74) is 1.37. The van der Waals surface area contributed by atoms with Crippen LogP contribution in [-0.4, -0.2) is 18.9 Å². The van der Waals surface area contributed by atoms with Crippen molar-refractivity contribution in [3.63, 3.8) is 0 Å². The molecule has 15 heavy (non-hydrogen) atoms. The van der Waals surface area contributed by atoms with Gasteiger partial charge in [-0.2, -0.15) is 0 Å². The van der Waals surface area contributed by atoms with Crippen LogP contribution in [0.3, 0.4) is 0 Å². The Morgan fingerprint density at radius 1 is 1.33 bits per heavy atom. The second-order valence-electron chi connectivity index (χ2n) is 4.48. The molecule has 1 fully saturated rings. The Kier molecular flexibility index (Phi) is 3.17. The molecule has 80 valence electrons. The third-order valence-corrected chi connectivity index (χ3v) is 3.17. The third-order valence-electron chi connectivity index (χ3n) is 3.17. The second kappa shape index (κ2) is 4.58. The fourth-order valence-electron chi connectivity index (χ4n) is 2.24. The normalized spacial score (nSPS) is 26.6. The van der Waals surface area contributed by atoms with E-state index in [0.717, 1.165) is 26.1 Å². The first kappa shape index (κ1) is 10.4. The number of ketones is 1. The monoisotopic (exact) mass is 204 g/mol. The number of carbonyl (C=O) groups is 1. The predicted octanol–water partition coefficient (Wildman–Crippen LogP) is 0.680. The van der Waals surface area contributed by atoms with Gasteiger partial charge in [-0.05, 0) is 0 Å². The van der Waals surface area contributed by atoms with E-state index in [4.69, 9.17) is 0 Å². The molecular formula is C13H18NO+. The Balaban J connectivity index is 1.94. The van der Waals surface area contributed by atoms with Crippen molar-refractivity contribution in [1.29, 1.82) is 0 Å². The van der Waals surface area contributed by atoms with Crippen LogP contribution in [0.1, 0.15) is 18.9 Å². The van der Waals surface area contributed by atoms with E-state index >= 15 is 0 Å². The summed E-state index contributed by atoms with van der Waals surface area (Å²) in [6.07, 6.45) is 0.753. The van der Waals surface area contributed by atoms with Gasteiger partial charge in [0.2, 0.25) is 0 Å². The highest BCUT2D eigenvalue weighted by Gasteiger charge is 2.26. The minimum absolute atomic E-state index is 0.248. The minimum atomic E-state index is 0.248. The summed E-state index contributed by atoms with van der Waals surface area (Å²) >= 11 is 0. The van der Waals surface area contributed by atoms with Crippen molar-refractivity contribution in [3.8, 4) is 0 Å². The maximum absolute atomic E-state index is 11.4. The Morgan fingerprint density at radius 2 is 2.07 bits per heavy atom. The molecule has 1 aromatic rings. The highest BCUT2D eigenvalue weighted by molar-refractivity contribution is 5.81. The zero-order chi connectivity index (χ0) is 10.7. The molecule has 2 atom stereocenters. The molecule has 0 spiro atoms. The van der Waals surface area contributed by atoms with Gasteiger partial charge in [0, 0.05) is 5.56 Å². The molecule has 1 saturated heterocycles. The van der Waals surface area contributed by atoms with Crippen LogP contribution in [0, 0.1) is 5.92 Å². The number of likely N-dealkylation sites (tertiary alicyclic amines) is 1. The van der Waals surface area contributed by atoms with Crippen molar-refractivity contribution in [2.75, 3.05) is 13.1 Å². The second-order valence-corrected chi connectivity index (χ2v) is 4.48. The van der Waals surface area contributed by atoms with E-state index in [2.05, 4.69) is 24.3 Å². The van der Waals surface area contributed by atoms with Gasteiger partial charge in [0.05, 0.1) is 25.4 Å². The predicted molar refractivity (Wildman–Crippen MR) is 59.6 cm³/mol. The zero-order valence-electron chi connectivity index (χ0n) is 9.20. The van der Waals surface area contributed by atoms with Crippen molar-refractivity contribution in [2.24, 2.45) is 5.92 Å². The standard InChI is InChI=1S/C13H17NO/c1-11-9-14(8-7-13(11)15)10-12-5-3-2-4-6-12/h2-6,11H,7-10H2,1H3/p+1/t11-/m1/s1. The van der Waals surface area contributed by atoms with E-state index < -0.39 is 0 Å². The summed E-state index contributed by atoms with van der Waals surface area (Å²) in [4.78, 5) is 12.9. The van der Waals surface area contributed by atoms with E-state index in [1.165, 1.54) is 10.5 Å². The van der Waals surface area contributed by atoms with Gasteiger partial charge in [-0.1, -0.05) is 37.3 Å². The Bertz CT molecular complexity index is 334. The van der Waals surface area contributed by atoms with E-state index in [1.807, 2.05) is 13.0 Å². The van der Waals surface area contributed by atoms with Gasteiger partial charge in [-0.25, -0.2) is 0 Å². The quantitative estimate of drug-likeness (QED) is 0.751. The van der Waals surface area contributed by atoms with Crippen LogP contribution in [0.15, 0.2) is 30.3 Å². The highest BCUT2D eigenvalue weighted by atomic mass is 16.1. The van der Waals surface area contributed by atoms with Crippen LogP contribution in [0.2, 0.25) is 0 Å². The van der Waals surface area contributed by atoms with Crippen LogP contribution in [0.4, 0.5) is 0 Å². The Labute approximate surface area is 90.9 Å². The third kappa shape index (κ3) is 2.66. The summed E-state index contributed by atoms with van der Waals surface area (Å²) in [5.74, 6) is 0.685. The van der Waals surface area contributed by atoms with Crippen LogP contribution in [-0.2, 0) is 11.3 Å². The Morgan fingerprint density at radius 3 is 2.73 bits per heavy atom. The average molecular weight is 204 g/mol. The number of rotatable bonds is 2. The lowest BCUT2D eigenvalue weighted by Gasteiger charge is -2.26. The van der Waals surface area contributed by atoms with E-state index in [1.54, 1.807) is 0 Å². The molecule has 1 aromatic carbocycles. The average Bonchev–Trinajstić information content (AvgIpc) is 2.25. The maximum atomic E-state index is 11.4. The number of piperidine rings is 1. The van der Waals surface area contributed by atoms with Crippen molar-refractivity contribution in [1.82, 2.24) is 0 Å². The fraction of sp³-hybridized carbons (Fsp3) is 0.462. The van der Waals surface area contributed by atoms with E-state index in [9.17, 15) is 4.79 Å². The summed E-state index contributed by atoms with van der Waals surface area (Å²) in [7, 11) is 0. The van der Waals surface area contributed by atoms with Crippen molar-refractivity contribution in [3.05, 3.63) is 35.9 Å². The molecule has 1 N–H and O–H groups in total. The lowest BCUT2D eigenvalue weighted by molar-refractivity contribution is -0.918. The molecular weight excluding hydrogens is 186 g/mol. The highest BCUT2D eigenvalue weighted by Crippen LogP contribution is 2.02. The summed E-state index contributed by atoms with van der Waals surface area (Å²) in [6.45, 7) is 5.09. The van der Waals surface area contributed by atoms with Crippen LogP contribution >= 0.6 is 0 Å². The molecule has 2 rings (SSSR count). The van der Waals surface area contributed by atoms with E-state index in [-0.39, 0.29) is 5.92 Å².